The SMILES string of the molecule is CCCCOP(=O)(OCCCC)OC1C2OP(=O)(O)OP(=O)(O)OC2C2OP(=O)(O)OP(=O)(O)OC2C1OP(=O)(OCCCC)OCCCC. The quantitative estimate of drug-likeness (QED) is 0.0776. The van der Waals surface area contributed by atoms with Gasteiger partial charge in [0.25, 0.3) is 0 Å². The Morgan fingerprint density at radius 2 is 0.720 bits per heavy atom. The molecule has 1 saturated carbocycles. The van der Waals surface area contributed by atoms with Crippen LogP contribution in [0.2, 0.25) is 0 Å². The number of phosphoric ester groups is 6. The number of hydrogen-bond acceptors (Lipinski definition) is 18. The van der Waals surface area contributed by atoms with Crippen molar-refractivity contribution in [3.05, 3.63) is 0 Å². The molecule has 3 rings (SSSR count). The van der Waals surface area contributed by atoms with Crippen molar-refractivity contribution in [1.29, 1.82) is 0 Å². The number of hydrogen-bond donors (Lipinski definition) is 4. The Morgan fingerprint density at radius 3 is 0.960 bits per heavy atom. The van der Waals surface area contributed by atoms with Crippen LogP contribution in [0.4, 0.5) is 0 Å². The molecule has 2 aliphatic heterocycles. The molecule has 296 valence electrons. The van der Waals surface area contributed by atoms with Gasteiger partial charge in [-0.15, -0.1) is 0 Å². The molecule has 22 nitrogen and oxygen atoms in total. The second-order valence-corrected chi connectivity index (χ2v) is 20.2. The van der Waals surface area contributed by atoms with E-state index in [9.17, 15) is 47.0 Å². The van der Waals surface area contributed by atoms with Gasteiger partial charge in [0.1, 0.15) is 36.6 Å². The van der Waals surface area contributed by atoms with Crippen molar-refractivity contribution in [3.8, 4) is 0 Å². The van der Waals surface area contributed by atoms with Crippen LogP contribution in [0, 0.1) is 0 Å². The Hall–Kier alpha value is 0.740. The first-order chi connectivity index (χ1) is 23.2. The lowest BCUT2D eigenvalue weighted by Gasteiger charge is -2.47. The largest absolute Gasteiger partial charge is 0.481 e. The minimum absolute atomic E-state index is 0.227. The molecule has 50 heavy (non-hydrogen) atoms. The molecule has 0 bridgehead atoms. The molecule has 3 fully saturated rings. The van der Waals surface area contributed by atoms with Crippen molar-refractivity contribution in [3.63, 3.8) is 0 Å². The monoisotopic (exact) mass is 848 g/mol. The van der Waals surface area contributed by atoms with Gasteiger partial charge in [0.05, 0.1) is 26.4 Å². The van der Waals surface area contributed by atoms with Crippen molar-refractivity contribution in [2.45, 2.75) is 116 Å². The number of rotatable bonds is 20. The van der Waals surface area contributed by atoms with E-state index in [0.29, 0.717) is 51.4 Å². The fourth-order valence-electron chi connectivity index (χ4n) is 4.57. The highest BCUT2D eigenvalue weighted by molar-refractivity contribution is 7.62. The van der Waals surface area contributed by atoms with Crippen LogP contribution >= 0.6 is 46.9 Å². The average Bonchev–Trinajstić information content (AvgIpc) is 3.15. The fraction of sp³-hybridized carbons (Fsp3) is 1.00. The van der Waals surface area contributed by atoms with Crippen LogP contribution in [0.25, 0.3) is 0 Å². The maximum absolute atomic E-state index is 14.2. The van der Waals surface area contributed by atoms with Gasteiger partial charge in [0.15, 0.2) is 0 Å². The smallest absolute Gasteiger partial charge is 0.302 e. The molecule has 1 aliphatic carbocycles. The third kappa shape index (κ3) is 13.5. The summed E-state index contributed by atoms with van der Waals surface area (Å²) in [6.45, 7) is 6.25. The summed E-state index contributed by atoms with van der Waals surface area (Å²) < 4.78 is 142. The van der Waals surface area contributed by atoms with E-state index >= 15 is 0 Å². The van der Waals surface area contributed by atoms with Crippen LogP contribution in [-0.2, 0) is 81.2 Å². The van der Waals surface area contributed by atoms with E-state index in [1.807, 2.05) is 0 Å². The fourth-order valence-corrected chi connectivity index (χ4v) is 12.3. The van der Waals surface area contributed by atoms with E-state index in [1.54, 1.807) is 27.7 Å². The van der Waals surface area contributed by atoms with Gasteiger partial charge in [-0.2, -0.15) is 8.62 Å². The highest BCUT2D eigenvalue weighted by atomic mass is 31.3. The van der Waals surface area contributed by atoms with Gasteiger partial charge >= 0.3 is 46.9 Å². The Bertz CT molecular complexity index is 1270. The Kier molecular flexibility index (Phi) is 17.2. The summed E-state index contributed by atoms with van der Waals surface area (Å²) in [6.07, 6.45) is -10.6. The lowest BCUT2D eigenvalue weighted by Crippen LogP contribution is -2.65. The molecule has 0 radical (unpaired) electrons. The van der Waals surface area contributed by atoms with Gasteiger partial charge in [0, 0.05) is 0 Å². The van der Waals surface area contributed by atoms with Crippen molar-refractivity contribution in [1.82, 2.24) is 0 Å². The molecule has 3 aliphatic rings. The second-order valence-electron chi connectivity index (χ2n) is 11.1. The molecule has 10 atom stereocenters. The van der Waals surface area contributed by atoms with Crippen LogP contribution in [0.5, 0.6) is 0 Å². The molecule has 10 unspecified atom stereocenters. The maximum Gasteiger partial charge on any atom is 0.481 e. The molecule has 0 aromatic carbocycles. The zero-order valence-corrected chi connectivity index (χ0v) is 33.1. The van der Waals surface area contributed by atoms with Crippen LogP contribution < -0.4 is 0 Å². The number of unbranched alkanes of at least 4 members (excludes halogenated alkanes) is 4. The van der Waals surface area contributed by atoms with Crippen molar-refractivity contribution in [2.24, 2.45) is 0 Å². The molecular weight excluding hydrogens is 802 g/mol. The Morgan fingerprint density at radius 1 is 0.480 bits per heavy atom. The lowest BCUT2D eigenvalue weighted by molar-refractivity contribution is -0.193. The van der Waals surface area contributed by atoms with Crippen LogP contribution in [0.15, 0.2) is 0 Å². The molecule has 2 heterocycles. The van der Waals surface area contributed by atoms with E-state index in [4.69, 9.17) is 45.2 Å². The van der Waals surface area contributed by atoms with Crippen LogP contribution in [-0.4, -0.2) is 82.6 Å². The normalized spacial score (nSPS) is 38.2. The van der Waals surface area contributed by atoms with Crippen molar-refractivity contribution in [2.75, 3.05) is 26.4 Å². The van der Waals surface area contributed by atoms with Crippen molar-refractivity contribution < 1.29 is 101 Å². The van der Waals surface area contributed by atoms with E-state index < -0.39 is 83.6 Å². The minimum atomic E-state index is -5.67. The van der Waals surface area contributed by atoms with E-state index in [-0.39, 0.29) is 26.4 Å². The first kappa shape index (κ1) is 45.1. The molecule has 0 spiro atoms. The summed E-state index contributed by atoms with van der Waals surface area (Å²) in [6, 6.07) is 0. The molecule has 0 amide bonds. The Labute approximate surface area is 289 Å². The van der Waals surface area contributed by atoms with E-state index in [1.165, 1.54) is 0 Å². The molecule has 0 aromatic rings. The third-order valence-electron chi connectivity index (χ3n) is 6.87. The summed E-state index contributed by atoms with van der Waals surface area (Å²) >= 11 is 0. The first-order valence-electron chi connectivity index (χ1n) is 15.8. The summed E-state index contributed by atoms with van der Waals surface area (Å²) in [7, 11) is -32.4. The van der Waals surface area contributed by atoms with Crippen LogP contribution in [0.3, 0.4) is 0 Å². The number of fused-ring (bicyclic) bond motifs is 3. The van der Waals surface area contributed by atoms with Gasteiger partial charge in [-0.3, -0.25) is 45.2 Å². The standard InChI is InChI=1S/C22H46O22P6/c1-5-9-13-33-49(31,34-14-10-6-2)41-21-19-17(37-45(23,24)43-47(27,28)39-19)18-20(40-48(29,30)44-46(25,26)38-18)22(21)42-50(32,35-15-11-7-3)36-16-12-8-4/h17-22H,5-16H2,1-4H3,(H,23,24)(H,25,26)(H,27,28)(H,29,30). The van der Waals surface area contributed by atoms with Crippen molar-refractivity contribution >= 4 is 46.9 Å². The molecule has 28 heteroatoms. The van der Waals surface area contributed by atoms with Crippen LogP contribution in [0.1, 0.15) is 79.1 Å². The lowest BCUT2D eigenvalue weighted by atomic mass is 9.85. The molecular formula is C22H46O22P6. The molecule has 4 N–H and O–H groups in total. The van der Waals surface area contributed by atoms with Gasteiger partial charge < -0.3 is 19.6 Å². The summed E-state index contributed by atoms with van der Waals surface area (Å²) in [5, 5.41) is 0. The second kappa shape index (κ2) is 19.1. The minimum Gasteiger partial charge on any atom is -0.302 e. The molecule has 2 saturated heterocycles. The highest BCUT2D eigenvalue weighted by Gasteiger charge is 2.67. The topological polar surface area (TPSA) is 294 Å². The van der Waals surface area contributed by atoms with Gasteiger partial charge in [0.2, 0.25) is 0 Å². The third-order valence-corrected chi connectivity index (χ3v) is 15.2. The van der Waals surface area contributed by atoms with E-state index in [0.717, 1.165) is 0 Å². The number of phosphoric acid groups is 6. The predicted octanol–water partition coefficient (Wildman–Crippen LogP) is 6.26. The zero-order chi connectivity index (χ0) is 37.4. The predicted molar refractivity (Wildman–Crippen MR) is 169 cm³/mol. The van der Waals surface area contributed by atoms with E-state index in [2.05, 4.69) is 8.62 Å². The highest BCUT2D eigenvalue weighted by Crippen LogP contribution is 2.71. The Balaban J connectivity index is 2.28. The summed E-state index contributed by atoms with van der Waals surface area (Å²) in [4.78, 5) is 41.4. The zero-order valence-electron chi connectivity index (χ0n) is 27.8. The van der Waals surface area contributed by atoms with Gasteiger partial charge in [-0.05, 0) is 25.7 Å². The molecule has 0 aromatic heterocycles. The maximum atomic E-state index is 14.2. The summed E-state index contributed by atoms with van der Waals surface area (Å²) in [5.41, 5.74) is 0. The van der Waals surface area contributed by atoms with Gasteiger partial charge in [-0.25, -0.2) is 27.4 Å². The summed E-state index contributed by atoms with van der Waals surface area (Å²) in [5.74, 6) is 0. The first-order valence-corrected chi connectivity index (χ1v) is 24.8. The van der Waals surface area contributed by atoms with Gasteiger partial charge in [-0.1, -0.05) is 53.4 Å². The average molecular weight is 848 g/mol.